The van der Waals surface area contributed by atoms with Gasteiger partial charge in [0.15, 0.2) is 0 Å². The van der Waals surface area contributed by atoms with Crippen molar-refractivity contribution >= 4 is 10.0 Å². The third-order valence-electron chi connectivity index (χ3n) is 3.48. The maximum atomic E-state index is 12.4. The van der Waals surface area contributed by atoms with E-state index in [0.29, 0.717) is 18.0 Å². The largest absolute Gasteiger partial charge is 0.492 e. The summed E-state index contributed by atoms with van der Waals surface area (Å²) in [5.74, 6) is 0.761. The van der Waals surface area contributed by atoms with Crippen LogP contribution in [0.15, 0.2) is 59.5 Å². The van der Waals surface area contributed by atoms with Crippen molar-refractivity contribution in [2.24, 2.45) is 0 Å². The highest BCUT2D eigenvalue weighted by Gasteiger charge is 2.45. The summed E-state index contributed by atoms with van der Waals surface area (Å²) >= 11 is 0. The standard InChI is InChI=1S/C16H17NO3S/c1-13-7-9-16(10-8-13)21(18,19)17-11-14(17)12-20-15-5-3-2-4-6-15/h2-10,14H,11-12H2,1H3. The predicted molar refractivity (Wildman–Crippen MR) is 80.8 cm³/mol. The molecule has 110 valence electrons. The zero-order chi connectivity index (χ0) is 14.9. The second-order valence-electron chi connectivity index (χ2n) is 5.17. The van der Waals surface area contributed by atoms with Crippen LogP contribution in [-0.2, 0) is 10.0 Å². The summed E-state index contributed by atoms with van der Waals surface area (Å²) in [6.07, 6.45) is 0. The van der Waals surface area contributed by atoms with Crippen LogP contribution in [0.5, 0.6) is 5.75 Å². The van der Waals surface area contributed by atoms with Gasteiger partial charge in [0.2, 0.25) is 10.0 Å². The van der Waals surface area contributed by atoms with Crippen molar-refractivity contribution in [2.75, 3.05) is 13.2 Å². The van der Waals surface area contributed by atoms with Crippen molar-refractivity contribution in [3.05, 3.63) is 60.2 Å². The smallest absolute Gasteiger partial charge is 0.243 e. The van der Waals surface area contributed by atoms with Crippen LogP contribution in [0.25, 0.3) is 0 Å². The van der Waals surface area contributed by atoms with Crippen LogP contribution >= 0.6 is 0 Å². The van der Waals surface area contributed by atoms with Crippen molar-refractivity contribution in [1.29, 1.82) is 0 Å². The van der Waals surface area contributed by atoms with E-state index in [1.807, 2.05) is 49.4 Å². The molecular weight excluding hydrogens is 286 g/mol. The van der Waals surface area contributed by atoms with Gasteiger partial charge in [0.25, 0.3) is 0 Å². The molecule has 1 fully saturated rings. The number of benzene rings is 2. The molecule has 0 radical (unpaired) electrons. The molecule has 2 aromatic carbocycles. The van der Waals surface area contributed by atoms with E-state index in [0.717, 1.165) is 11.3 Å². The van der Waals surface area contributed by atoms with Crippen molar-refractivity contribution in [3.8, 4) is 5.75 Å². The number of rotatable bonds is 5. The predicted octanol–water partition coefficient (Wildman–Crippen LogP) is 2.45. The molecule has 5 heteroatoms. The summed E-state index contributed by atoms with van der Waals surface area (Å²) in [6, 6.07) is 16.3. The lowest BCUT2D eigenvalue weighted by Crippen LogP contribution is -2.18. The minimum Gasteiger partial charge on any atom is -0.492 e. The molecule has 0 aromatic heterocycles. The van der Waals surface area contributed by atoms with Crippen LogP contribution in [-0.4, -0.2) is 31.9 Å². The van der Waals surface area contributed by atoms with Crippen molar-refractivity contribution in [3.63, 3.8) is 0 Å². The van der Waals surface area contributed by atoms with Gasteiger partial charge in [-0.1, -0.05) is 35.9 Å². The molecule has 0 spiro atoms. The zero-order valence-corrected chi connectivity index (χ0v) is 12.6. The van der Waals surface area contributed by atoms with Crippen molar-refractivity contribution < 1.29 is 13.2 Å². The van der Waals surface area contributed by atoms with E-state index in [-0.39, 0.29) is 6.04 Å². The van der Waals surface area contributed by atoms with Gasteiger partial charge < -0.3 is 4.74 Å². The Labute approximate surface area is 125 Å². The Hall–Kier alpha value is -1.85. The molecule has 21 heavy (non-hydrogen) atoms. The van der Waals surface area contributed by atoms with E-state index >= 15 is 0 Å². The number of para-hydroxylation sites is 1. The van der Waals surface area contributed by atoms with Crippen molar-refractivity contribution in [2.45, 2.75) is 17.9 Å². The molecular formula is C16H17NO3S. The first-order valence-corrected chi connectivity index (χ1v) is 8.28. The molecule has 0 amide bonds. The molecule has 1 saturated heterocycles. The summed E-state index contributed by atoms with van der Waals surface area (Å²) in [4.78, 5) is 0.343. The third-order valence-corrected chi connectivity index (χ3v) is 5.41. The molecule has 0 N–H and O–H groups in total. The van der Waals surface area contributed by atoms with E-state index in [9.17, 15) is 8.42 Å². The number of hydrogen-bond donors (Lipinski definition) is 0. The molecule has 1 aliphatic heterocycles. The fourth-order valence-electron chi connectivity index (χ4n) is 2.15. The average Bonchev–Trinajstić information content (AvgIpc) is 3.27. The fourth-order valence-corrected chi connectivity index (χ4v) is 3.72. The average molecular weight is 303 g/mol. The SMILES string of the molecule is Cc1ccc(S(=O)(=O)N2CC2COc2ccccc2)cc1. The van der Waals surface area contributed by atoms with Crippen LogP contribution in [0.3, 0.4) is 0 Å². The molecule has 0 aliphatic carbocycles. The maximum absolute atomic E-state index is 12.4. The van der Waals surface area contributed by atoms with E-state index in [4.69, 9.17) is 4.74 Å². The molecule has 2 aromatic rings. The number of aryl methyl sites for hydroxylation is 1. The Balaban J connectivity index is 1.63. The summed E-state index contributed by atoms with van der Waals surface area (Å²) in [6.45, 7) is 2.84. The first-order valence-electron chi connectivity index (χ1n) is 6.84. The number of hydrogen-bond acceptors (Lipinski definition) is 3. The van der Waals surface area contributed by atoms with E-state index < -0.39 is 10.0 Å². The summed E-state index contributed by atoms with van der Waals surface area (Å²) in [5.41, 5.74) is 1.05. The van der Waals surface area contributed by atoms with Gasteiger partial charge in [0.1, 0.15) is 12.4 Å². The second-order valence-corrected chi connectivity index (χ2v) is 7.06. The quantitative estimate of drug-likeness (QED) is 0.797. The number of ether oxygens (including phenoxy) is 1. The number of nitrogens with zero attached hydrogens (tertiary/aromatic N) is 1. The van der Waals surface area contributed by atoms with Crippen LogP contribution in [0.4, 0.5) is 0 Å². The first kappa shape index (κ1) is 14.1. The molecule has 3 rings (SSSR count). The maximum Gasteiger partial charge on any atom is 0.243 e. The highest BCUT2D eigenvalue weighted by molar-refractivity contribution is 7.89. The lowest BCUT2D eigenvalue weighted by molar-refractivity contribution is 0.309. The van der Waals surface area contributed by atoms with Gasteiger partial charge in [-0.3, -0.25) is 0 Å². The molecule has 2 atom stereocenters. The lowest BCUT2D eigenvalue weighted by atomic mass is 10.2. The monoisotopic (exact) mass is 303 g/mol. The summed E-state index contributed by atoms with van der Waals surface area (Å²) < 4.78 is 31.9. The minimum atomic E-state index is -3.38. The molecule has 4 nitrogen and oxygen atoms in total. The van der Waals surface area contributed by atoms with Crippen LogP contribution in [0.2, 0.25) is 0 Å². The highest BCUT2D eigenvalue weighted by Crippen LogP contribution is 2.28. The lowest BCUT2D eigenvalue weighted by Gasteiger charge is -2.08. The topological polar surface area (TPSA) is 46.4 Å². The highest BCUT2D eigenvalue weighted by atomic mass is 32.2. The second kappa shape index (κ2) is 5.50. The molecule has 1 heterocycles. The van der Waals surface area contributed by atoms with Gasteiger partial charge in [0, 0.05) is 6.54 Å². The van der Waals surface area contributed by atoms with Gasteiger partial charge in [-0.05, 0) is 31.2 Å². The normalized spacial score (nSPS) is 21.0. The van der Waals surface area contributed by atoms with Crippen LogP contribution in [0, 0.1) is 6.92 Å². The van der Waals surface area contributed by atoms with Crippen LogP contribution in [0.1, 0.15) is 5.56 Å². The zero-order valence-electron chi connectivity index (χ0n) is 11.8. The van der Waals surface area contributed by atoms with E-state index in [2.05, 4.69) is 0 Å². The first-order chi connectivity index (χ1) is 10.1. The Kier molecular flexibility index (Phi) is 3.69. The Morgan fingerprint density at radius 3 is 2.43 bits per heavy atom. The van der Waals surface area contributed by atoms with Gasteiger partial charge in [-0.2, -0.15) is 4.31 Å². The summed E-state index contributed by atoms with van der Waals surface area (Å²) in [7, 11) is -3.38. The van der Waals surface area contributed by atoms with Gasteiger partial charge in [-0.25, -0.2) is 8.42 Å². The molecule has 1 aliphatic rings. The van der Waals surface area contributed by atoms with Gasteiger partial charge >= 0.3 is 0 Å². The molecule has 0 saturated carbocycles. The molecule has 0 bridgehead atoms. The van der Waals surface area contributed by atoms with Gasteiger partial charge in [-0.15, -0.1) is 0 Å². The third kappa shape index (κ3) is 3.09. The Morgan fingerprint density at radius 2 is 1.76 bits per heavy atom. The van der Waals surface area contributed by atoms with Crippen molar-refractivity contribution in [1.82, 2.24) is 4.31 Å². The Bertz CT molecular complexity index is 711. The van der Waals surface area contributed by atoms with E-state index in [1.54, 1.807) is 12.1 Å². The Morgan fingerprint density at radius 1 is 1.10 bits per heavy atom. The minimum absolute atomic E-state index is 0.0727. The van der Waals surface area contributed by atoms with E-state index in [1.165, 1.54) is 4.31 Å². The summed E-state index contributed by atoms with van der Waals surface area (Å²) in [5, 5.41) is 0. The van der Waals surface area contributed by atoms with Crippen LogP contribution < -0.4 is 4.74 Å². The fraction of sp³-hybridized carbons (Fsp3) is 0.250. The van der Waals surface area contributed by atoms with Gasteiger partial charge in [0.05, 0.1) is 10.9 Å². The molecule has 2 unspecified atom stereocenters. The number of sulfonamides is 1.